The fourth-order valence-electron chi connectivity index (χ4n) is 1.98. The second-order valence-corrected chi connectivity index (χ2v) is 4.90. The highest BCUT2D eigenvalue weighted by Crippen LogP contribution is 2.22. The van der Waals surface area contributed by atoms with E-state index < -0.39 is 5.97 Å². The van der Waals surface area contributed by atoms with Gasteiger partial charge in [-0.2, -0.15) is 0 Å². The van der Waals surface area contributed by atoms with Crippen LogP contribution in [-0.2, 0) is 0 Å². The number of rotatable bonds is 2. The molecule has 1 aliphatic heterocycles. The fourth-order valence-corrected chi connectivity index (χ4v) is 2.15. The molecular formula is C11H15ClN4O2. The highest BCUT2D eigenvalue weighted by Gasteiger charge is 2.27. The first-order valence-corrected chi connectivity index (χ1v) is 6.01. The Labute approximate surface area is 110 Å². The second-order valence-electron chi connectivity index (χ2n) is 4.49. The minimum Gasteiger partial charge on any atom is -0.476 e. The highest BCUT2D eigenvalue weighted by atomic mass is 35.5. The average molecular weight is 271 g/mol. The molecule has 1 aliphatic rings. The number of aromatic nitrogens is 2. The van der Waals surface area contributed by atoms with E-state index >= 15 is 0 Å². The molecule has 18 heavy (non-hydrogen) atoms. The van der Waals surface area contributed by atoms with Gasteiger partial charge in [0.1, 0.15) is 5.82 Å². The Morgan fingerprint density at radius 3 is 2.89 bits per heavy atom. The predicted octanol–water partition coefficient (Wildman–Crippen LogP) is 0.746. The minimum absolute atomic E-state index is 0.000818. The number of hydrogen-bond donors (Lipinski definition) is 1. The van der Waals surface area contributed by atoms with Gasteiger partial charge < -0.3 is 10.0 Å². The van der Waals surface area contributed by atoms with E-state index in [4.69, 9.17) is 16.7 Å². The molecule has 2 rings (SSSR count). The van der Waals surface area contributed by atoms with Crippen molar-refractivity contribution in [3.05, 3.63) is 22.7 Å². The zero-order chi connectivity index (χ0) is 13.3. The number of piperazine rings is 1. The molecule has 0 spiro atoms. The molecule has 6 nitrogen and oxygen atoms in total. The zero-order valence-corrected chi connectivity index (χ0v) is 11.1. The molecule has 7 heteroatoms. The first kappa shape index (κ1) is 13.2. The molecule has 0 radical (unpaired) electrons. The van der Waals surface area contributed by atoms with Crippen molar-refractivity contribution in [2.75, 3.05) is 33.7 Å². The van der Waals surface area contributed by atoms with Crippen molar-refractivity contribution in [1.82, 2.24) is 19.8 Å². The summed E-state index contributed by atoms with van der Waals surface area (Å²) in [6, 6.07) is -0.000818. The summed E-state index contributed by atoms with van der Waals surface area (Å²) >= 11 is 5.77. The summed E-state index contributed by atoms with van der Waals surface area (Å²) in [5.74, 6) is -0.624. The number of nitrogens with zero attached hydrogens (tertiary/aromatic N) is 4. The maximum absolute atomic E-state index is 11.0. The number of likely N-dealkylation sites (N-methyl/N-ethyl adjacent to an activating group) is 2. The summed E-state index contributed by atoms with van der Waals surface area (Å²) in [6.07, 6.45) is 1.36. The summed E-state index contributed by atoms with van der Waals surface area (Å²) < 4.78 is 0. The van der Waals surface area contributed by atoms with E-state index in [1.165, 1.54) is 6.20 Å². The van der Waals surface area contributed by atoms with Crippen LogP contribution in [0.5, 0.6) is 0 Å². The van der Waals surface area contributed by atoms with Crippen LogP contribution >= 0.6 is 11.6 Å². The standard InChI is InChI=1S/C11H15ClN4O2/c1-15-3-4-16(2)8(6-15)10-13-5-7(12)9(14-10)11(17)18/h5,8H,3-4,6H2,1-2H3,(H,17,18). The summed E-state index contributed by atoms with van der Waals surface area (Å²) in [6.45, 7) is 2.65. The maximum atomic E-state index is 11.0. The molecule has 0 amide bonds. The van der Waals surface area contributed by atoms with Crippen LogP contribution in [0.2, 0.25) is 5.02 Å². The Morgan fingerprint density at radius 2 is 2.22 bits per heavy atom. The van der Waals surface area contributed by atoms with E-state index in [0.717, 1.165) is 19.6 Å². The second kappa shape index (κ2) is 5.17. The zero-order valence-electron chi connectivity index (χ0n) is 10.3. The lowest BCUT2D eigenvalue weighted by atomic mass is 10.1. The number of aromatic carboxylic acids is 1. The smallest absolute Gasteiger partial charge is 0.356 e. The summed E-state index contributed by atoms with van der Waals surface area (Å²) in [5.41, 5.74) is -0.136. The van der Waals surface area contributed by atoms with Crippen LogP contribution in [-0.4, -0.2) is 64.6 Å². The van der Waals surface area contributed by atoms with Crippen molar-refractivity contribution < 1.29 is 9.90 Å². The number of hydrogen-bond acceptors (Lipinski definition) is 5. The molecule has 0 aromatic carbocycles. The Morgan fingerprint density at radius 1 is 1.50 bits per heavy atom. The quantitative estimate of drug-likeness (QED) is 0.855. The Bertz CT molecular complexity index is 468. The van der Waals surface area contributed by atoms with Crippen molar-refractivity contribution in [3.63, 3.8) is 0 Å². The Hall–Kier alpha value is -1.24. The predicted molar refractivity (Wildman–Crippen MR) is 66.9 cm³/mol. The topological polar surface area (TPSA) is 69.6 Å². The molecule has 98 valence electrons. The van der Waals surface area contributed by atoms with Gasteiger partial charge in [-0.15, -0.1) is 0 Å². The van der Waals surface area contributed by atoms with Crippen LogP contribution in [0.3, 0.4) is 0 Å². The normalized spacial score (nSPS) is 22.1. The van der Waals surface area contributed by atoms with E-state index in [9.17, 15) is 4.79 Å². The number of carbonyl (C=O) groups is 1. The maximum Gasteiger partial charge on any atom is 0.356 e. The molecule has 1 unspecified atom stereocenters. The van der Waals surface area contributed by atoms with Crippen LogP contribution in [0.1, 0.15) is 22.4 Å². The lowest BCUT2D eigenvalue weighted by molar-refractivity contribution is 0.0687. The minimum atomic E-state index is -1.13. The van der Waals surface area contributed by atoms with Crippen molar-refractivity contribution in [3.8, 4) is 0 Å². The summed E-state index contributed by atoms with van der Waals surface area (Å²) in [7, 11) is 4.00. The van der Waals surface area contributed by atoms with Gasteiger partial charge in [-0.05, 0) is 14.1 Å². The fraction of sp³-hybridized carbons (Fsp3) is 0.545. The summed E-state index contributed by atoms with van der Waals surface area (Å²) in [4.78, 5) is 23.5. The largest absolute Gasteiger partial charge is 0.476 e. The molecule has 1 atom stereocenters. The average Bonchev–Trinajstić information content (AvgIpc) is 2.33. The van der Waals surface area contributed by atoms with Gasteiger partial charge in [-0.25, -0.2) is 14.8 Å². The molecule has 1 aromatic rings. The van der Waals surface area contributed by atoms with Gasteiger partial charge in [0, 0.05) is 19.6 Å². The van der Waals surface area contributed by atoms with Gasteiger partial charge in [-0.3, -0.25) is 4.90 Å². The molecule has 0 bridgehead atoms. The van der Waals surface area contributed by atoms with E-state index in [2.05, 4.69) is 19.8 Å². The molecule has 1 N–H and O–H groups in total. The van der Waals surface area contributed by atoms with Gasteiger partial charge in [0.05, 0.1) is 17.3 Å². The molecule has 1 fully saturated rings. The van der Waals surface area contributed by atoms with Gasteiger partial charge in [0.2, 0.25) is 0 Å². The lowest BCUT2D eigenvalue weighted by Gasteiger charge is -2.36. The van der Waals surface area contributed by atoms with Crippen LogP contribution in [0.25, 0.3) is 0 Å². The van der Waals surface area contributed by atoms with E-state index in [1.807, 2.05) is 14.1 Å². The third kappa shape index (κ3) is 2.60. The van der Waals surface area contributed by atoms with Crippen LogP contribution in [0.15, 0.2) is 6.20 Å². The lowest BCUT2D eigenvalue weighted by Crippen LogP contribution is -2.45. The molecule has 1 aromatic heterocycles. The van der Waals surface area contributed by atoms with Gasteiger partial charge in [0.25, 0.3) is 0 Å². The van der Waals surface area contributed by atoms with Crippen LogP contribution < -0.4 is 0 Å². The van der Waals surface area contributed by atoms with Crippen molar-refractivity contribution in [2.24, 2.45) is 0 Å². The van der Waals surface area contributed by atoms with Crippen molar-refractivity contribution in [2.45, 2.75) is 6.04 Å². The highest BCUT2D eigenvalue weighted by molar-refractivity contribution is 6.33. The first-order chi connectivity index (χ1) is 8.49. The van der Waals surface area contributed by atoms with E-state index in [-0.39, 0.29) is 16.8 Å². The molecule has 0 saturated carbocycles. The van der Waals surface area contributed by atoms with Gasteiger partial charge >= 0.3 is 5.97 Å². The van der Waals surface area contributed by atoms with Gasteiger partial charge in [0.15, 0.2) is 5.69 Å². The Kier molecular flexibility index (Phi) is 3.79. The molecule has 0 aliphatic carbocycles. The first-order valence-electron chi connectivity index (χ1n) is 5.63. The SMILES string of the molecule is CN1CCN(C)C(c2ncc(Cl)c(C(=O)O)n2)C1. The van der Waals surface area contributed by atoms with Gasteiger partial charge in [-0.1, -0.05) is 11.6 Å². The number of carboxylic acid groups (broad SMARTS) is 1. The number of carboxylic acids is 1. The Balaban J connectivity index is 2.32. The number of halogens is 1. The summed E-state index contributed by atoms with van der Waals surface area (Å²) in [5, 5.41) is 9.08. The van der Waals surface area contributed by atoms with Crippen LogP contribution in [0.4, 0.5) is 0 Å². The van der Waals surface area contributed by atoms with Crippen molar-refractivity contribution in [1.29, 1.82) is 0 Å². The van der Waals surface area contributed by atoms with Crippen LogP contribution in [0, 0.1) is 0 Å². The molecule has 2 heterocycles. The monoisotopic (exact) mass is 270 g/mol. The van der Waals surface area contributed by atoms with Crippen molar-refractivity contribution >= 4 is 17.6 Å². The third-order valence-electron chi connectivity index (χ3n) is 3.11. The molecule has 1 saturated heterocycles. The third-order valence-corrected chi connectivity index (χ3v) is 3.39. The molecular weight excluding hydrogens is 256 g/mol. The van der Waals surface area contributed by atoms with E-state index in [1.54, 1.807) is 0 Å². The van der Waals surface area contributed by atoms with E-state index in [0.29, 0.717) is 5.82 Å².